The topological polar surface area (TPSA) is 134 Å². The van der Waals surface area contributed by atoms with Gasteiger partial charge in [0, 0.05) is 25.0 Å². The minimum atomic E-state index is -1.17. The summed E-state index contributed by atoms with van der Waals surface area (Å²) in [6.45, 7) is 4.73. The Kier molecular flexibility index (Phi) is 10.7. The molecule has 9 heteroatoms. The van der Waals surface area contributed by atoms with Gasteiger partial charge in [0.05, 0.1) is 6.10 Å². The highest BCUT2D eigenvalue weighted by Crippen LogP contribution is 2.20. The number of amides is 1. The van der Waals surface area contributed by atoms with Crippen LogP contribution in [0.5, 0.6) is 0 Å². The zero-order chi connectivity index (χ0) is 26.6. The molecule has 198 valence electrons. The lowest BCUT2D eigenvalue weighted by atomic mass is 9.98. The molecule has 4 N–H and O–H groups in total. The molecule has 0 saturated carbocycles. The lowest BCUT2D eigenvalue weighted by molar-refractivity contribution is 0.0690. The Morgan fingerprint density at radius 1 is 1.00 bits per heavy atom. The van der Waals surface area contributed by atoms with Crippen LogP contribution < -0.4 is 10.6 Å². The third-order valence-electron chi connectivity index (χ3n) is 5.83. The number of carboxylic acids is 1. The molecule has 3 rings (SSSR count). The van der Waals surface area contributed by atoms with Gasteiger partial charge in [-0.3, -0.25) is 0 Å². The van der Waals surface area contributed by atoms with Crippen molar-refractivity contribution in [3.05, 3.63) is 89.6 Å². The summed E-state index contributed by atoms with van der Waals surface area (Å²) in [6.07, 6.45) is 1.17. The summed E-state index contributed by atoms with van der Waals surface area (Å²) in [5.41, 5.74) is 1.50. The van der Waals surface area contributed by atoms with Crippen molar-refractivity contribution in [3.8, 4) is 0 Å². The van der Waals surface area contributed by atoms with Gasteiger partial charge in [-0.15, -0.1) is 0 Å². The predicted molar refractivity (Wildman–Crippen MR) is 138 cm³/mol. The molecule has 2 aromatic carbocycles. The van der Waals surface area contributed by atoms with Crippen molar-refractivity contribution in [2.75, 3.05) is 6.54 Å². The molecule has 0 bridgehead atoms. The number of ether oxygens (including phenoxy) is 1. The van der Waals surface area contributed by atoms with Gasteiger partial charge < -0.3 is 30.0 Å². The van der Waals surface area contributed by atoms with Crippen molar-refractivity contribution < 1.29 is 29.0 Å². The highest BCUT2D eigenvalue weighted by Gasteiger charge is 2.22. The molecule has 0 fully saturated rings. The summed E-state index contributed by atoms with van der Waals surface area (Å²) in [7, 11) is 0. The number of aromatic nitrogens is 1. The quantitative estimate of drug-likeness (QED) is 0.252. The Morgan fingerprint density at radius 2 is 1.68 bits per heavy atom. The summed E-state index contributed by atoms with van der Waals surface area (Å²) in [6, 6.07) is 18.2. The van der Waals surface area contributed by atoms with E-state index in [1.807, 2.05) is 60.7 Å². The number of carbonyl (C=O) groups excluding carboxylic acids is 1. The largest absolute Gasteiger partial charge is 0.476 e. The molecule has 1 aromatic heterocycles. The van der Waals surface area contributed by atoms with E-state index >= 15 is 0 Å². The third kappa shape index (κ3) is 9.70. The molecule has 0 saturated heterocycles. The van der Waals surface area contributed by atoms with Crippen LogP contribution >= 0.6 is 0 Å². The van der Waals surface area contributed by atoms with Gasteiger partial charge >= 0.3 is 12.1 Å². The first-order valence-electron chi connectivity index (χ1n) is 12.4. The van der Waals surface area contributed by atoms with Crippen LogP contribution in [-0.2, 0) is 17.8 Å². The van der Waals surface area contributed by atoms with Crippen LogP contribution in [0, 0.1) is 5.92 Å². The average Bonchev–Trinajstić information content (AvgIpc) is 3.35. The Balaban J connectivity index is 1.64. The molecule has 3 unspecified atom stereocenters. The number of hydrogen-bond donors (Lipinski definition) is 4. The van der Waals surface area contributed by atoms with Gasteiger partial charge in [-0.25, -0.2) is 14.6 Å². The van der Waals surface area contributed by atoms with Crippen molar-refractivity contribution in [3.63, 3.8) is 0 Å². The highest BCUT2D eigenvalue weighted by atomic mass is 16.5. The molecular formula is C28H35N3O6. The number of carboxylic acid groups (broad SMARTS) is 1. The van der Waals surface area contributed by atoms with E-state index in [9.17, 15) is 14.7 Å². The molecule has 3 aromatic rings. The molecule has 0 radical (unpaired) electrons. The lowest BCUT2D eigenvalue weighted by Gasteiger charge is -2.26. The standard InChI is InChI=1S/C28H35N3O6/c1-19(2)13-23(30-28(35)37-17-20-9-5-3-6-10-20)16-29-22(14-25(32)21-11-7-4-8-12-21)15-26-31-24(18-36-26)27(33)34/h3-12,18-19,22-23,25,29,32H,13-17H2,1-2H3,(H,30,35)(H,33,34). The van der Waals surface area contributed by atoms with Crippen molar-refractivity contribution in [2.24, 2.45) is 5.92 Å². The first-order valence-corrected chi connectivity index (χ1v) is 12.4. The van der Waals surface area contributed by atoms with Crippen LogP contribution in [0.1, 0.15) is 60.3 Å². The maximum atomic E-state index is 12.5. The molecule has 3 atom stereocenters. The van der Waals surface area contributed by atoms with Crippen molar-refractivity contribution >= 4 is 12.1 Å². The minimum Gasteiger partial charge on any atom is -0.476 e. The Labute approximate surface area is 216 Å². The Morgan fingerprint density at radius 3 is 2.30 bits per heavy atom. The van der Waals surface area contributed by atoms with E-state index < -0.39 is 18.2 Å². The number of nitrogens with one attached hydrogen (secondary N) is 2. The second kappa shape index (κ2) is 14.2. The van der Waals surface area contributed by atoms with E-state index in [-0.39, 0.29) is 36.7 Å². The third-order valence-corrected chi connectivity index (χ3v) is 5.83. The van der Waals surface area contributed by atoms with Crippen molar-refractivity contribution in [2.45, 2.75) is 57.9 Å². The van der Waals surface area contributed by atoms with E-state index in [0.29, 0.717) is 25.3 Å². The fourth-order valence-electron chi connectivity index (χ4n) is 4.04. The molecule has 0 aliphatic heterocycles. The summed E-state index contributed by atoms with van der Waals surface area (Å²) in [4.78, 5) is 27.7. The number of aromatic carboxylic acids is 1. The minimum absolute atomic E-state index is 0.169. The Bertz CT molecular complexity index is 1100. The van der Waals surface area contributed by atoms with E-state index in [1.165, 1.54) is 0 Å². The average molecular weight is 510 g/mol. The van der Waals surface area contributed by atoms with Crippen LogP contribution in [0.3, 0.4) is 0 Å². The van der Waals surface area contributed by atoms with Crippen LogP contribution in [-0.4, -0.2) is 45.9 Å². The first kappa shape index (κ1) is 27.9. The number of carbonyl (C=O) groups is 2. The van der Waals surface area contributed by atoms with E-state index in [1.54, 1.807) is 0 Å². The fraction of sp³-hybridized carbons (Fsp3) is 0.393. The fourth-order valence-corrected chi connectivity index (χ4v) is 4.04. The maximum absolute atomic E-state index is 12.5. The monoisotopic (exact) mass is 509 g/mol. The molecule has 0 aliphatic carbocycles. The number of rotatable bonds is 14. The first-order chi connectivity index (χ1) is 17.8. The lowest BCUT2D eigenvalue weighted by Crippen LogP contribution is -2.46. The summed E-state index contributed by atoms with van der Waals surface area (Å²) in [5, 5.41) is 26.3. The van der Waals surface area contributed by atoms with Crippen LogP contribution in [0.15, 0.2) is 71.3 Å². The zero-order valence-corrected chi connectivity index (χ0v) is 21.2. The number of benzene rings is 2. The van der Waals surface area contributed by atoms with Crippen LogP contribution in [0.4, 0.5) is 4.79 Å². The van der Waals surface area contributed by atoms with Gasteiger partial charge in [0.15, 0.2) is 11.6 Å². The van der Waals surface area contributed by atoms with Gasteiger partial charge in [-0.1, -0.05) is 74.5 Å². The predicted octanol–water partition coefficient (Wildman–Crippen LogP) is 4.34. The van der Waals surface area contributed by atoms with Gasteiger partial charge in [0.1, 0.15) is 12.9 Å². The van der Waals surface area contributed by atoms with Gasteiger partial charge in [-0.05, 0) is 29.9 Å². The molecule has 0 spiro atoms. The molecule has 0 aliphatic rings. The summed E-state index contributed by atoms with van der Waals surface area (Å²) < 4.78 is 10.7. The second-order valence-electron chi connectivity index (χ2n) is 9.44. The normalized spacial score (nSPS) is 13.6. The number of alkyl carbamates (subject to hydrolysis) is 1. The smallest absolute Gasteiger partial charge is 0.407 e. The van der Waals surface area contributed by atoms with Crippen LogP contribution in [0.25, 0.3) is 0 Å². The zero-order valence-electron chi connectivity index (χ0n) is 21.2. The van der Waals surface area contributed by atoms with Crippen LogP contribution in [0.2, 0.25) is 0 Å². The molecule has 1 amide bonds. The van der Waals surface area contributed by atoms with E-state index in [0.717, 1.165) is 17.4 Å². The molecular weight excluding hydrogens is 474 g/mol. The van der Waals surface area contributed by atoms with Gasteiger partial charge in [0.25, 0.3) is 0 Å². The van der Waals surface area contributed by atoms with Crippen molar-refractivity contribution in [1.29, 1.82) is 0 Å². The second-order valence-corrected chi connectivity index (χ2v) is 9.44. The summed E-state index contributed by atoms with van der Waals surface area (Å²) >= 11 is 0. The SMILES string of the molecule is CC(C)CC(CNC(Cc1nc(C(=O)O)co1)CC(O)c1ccccc1)NC(=O)OCc1ccccc1. The number of aliphatic hydroxyl groups is 1. The maximum Gasteiger partial charge on any atom is 0.407 e. The molecule has 9 nitrogen and oxygen atoms in total. The number of hydrogen-bond acceptors (Lipinski definition) is 7. The van der Waals surface area contributed by atoms with Gasteiger partial charge in [0.2, 0.25) is 0 Å². The number of oxazole rings is 1. The van der Waals surface area contributed by atoms with Crippen molar-refractivity contribution in [1.82, 2.24) is 15.6 Å². The Hall–Kier alpha value is -3.69. The number of nitrogens with zero attached hydrogens (tertiary/aromatic N) is 1. The molecule has 1 heterocycles. The van der Waals surface area contributed by atoms with Gasteiger partial charge in [-0.2, -0.15) is 0 Å². The number of aliphatic hydroxyl groups excluding tert-OH is 1. The summed E-state index contributed by atoms with van der Waals surface area (Å²) in [5.74, 6) is -0.593. The van der Waals surface area contributed by atoms with E-state index in [4.69, 9.17) is 14.3 Å². The van der Waals surface area contributed by atoms with E-state index in [2.05, 4.69) is 29.5 Å². The molecule has 37 heavy (non-hydrogen) atoms. The highest BCUT2D eigenvalue weighted by molar-refractivity contribution is 5.84.